The van der Waals surface area contributed by atoms with E-state index in [2.05, 4.69) is 30.3 Å². The molecule has 0 aliphatic heterocycles. The van der Waals surface area contributed by atoms with Crippen molar-refractivity contribution in [3.05, 3.63) is 105 Å². The van der Waals surface area contributed by atoms with Crippen LogP contribution in [0, 0.1) is 0 Å². The van der Waals surface area contributed by atoms with Gasteiger partial charge in [0.1, 0.15) is 0 Å². The van der Waals surface area contributed by atoms with Crippen LogP contribution in [0.15, 0.2) is 94.5 Å². The van der Waals surface area contributed by atoms with E-state index in [0.29, 0.717) is 16.2 Å². The largest absolute Gasteiger partial charge is 0.289 e. The molecule has 0 saturated carbocycles. The number of hydrogen-bond acceptors (Lipinski definition) is 2. The third-order valence-electron chi connectivity index (χ3n) is 6.54. The summed E-state index contributed by atoms with van der Waals surface area (Å²) in [6.45, 7) is 0. The number of rotatable bonds is 0. The Morgan fingerprint density at radius 1 is 0.367 bits per heavy atom. The maximum Gasteiger partial charge on any atom is 0.194 e. The van der Waals surface area contributed by atoms with Gasteiger partial charge in [0.2, 0.25) is 0 Å². The molecule has 0 fully saturated rings. The van der Waals surface area contributed by atoms with Crippen molar-refractivity contribution in [1.29, 1.82) is 0 Å². The smallest absolute Gasteiger partial charge is 0.194 e. The molecule has 0 N–H and O–H groups in total. The topological polar surface area (TPSA) is 34.1 Å². The predicted molar refractivity (Wildman–Crippen MR) is 126 cm³/mol. The van der Waals surface area contributed by atoms with Crippen LogP contribution in [0.1, 0.15) is 0 Å². The second-order valence-electron chi connectivity index (χ2n) is 8.02. The SMILES string of the molecule is O=c1c2ccccc2c2cc3c(cc12)c(=O)c1c3ccc2ccc3ccccc3c21. The van der Waals surface area contributed by atoms with Crippen LogP contribution in [0.4, 0.5) is 0 Å². The number of benzene rings is 5. The summed E-state index contributed by atoms with van der Waals surface area (Å²) in [6, 6.07) is 28.0. The van der Waals surface area contributed by atoms with Crippen molar-refractivity contribution >= 4 is 64.6 Å². The van der Waals surface area contributed by atoms with Crippen LogP contribution in [-0.2, 0) is 0 Å². The average molecular weight is 382 g/mol. The Hall–Kier alpha value is -4.04. The third-order valence-corrected chi connectivity index (χ3v) is 6.54. The first-order valence-electron chi connectivity index (χ1n) is 10.0. The van der Waals surface area contributed by atoms with Gasteiger partial charge in [0.05, 0.1) is 0 Å². The molecule has 2 heteroatoms. The number of fused-ring (bicyclic) bond motifs is 10. The van der Waals surface area contributed by atoms with E-state index in [9.17, 15) is 9.59 Å². The summed E-state index contributed by atoms with van der Waals surface area (Å²) >= 11 is 0. The highest BCUT2D eigenvalue weighted by atomic mass is 16.1. The third kappa shape index (κ3) is 1.79. The molecule has 0 spiro atoms. The quantitative estimate of drug-likeness (QED) is 0.293. The lowest BCUT2D eigenvalue weighted by molar-refractivity contribution is 1.79. The second kappa shape index (κ2) is 5.31. The van der Waals surface area contributed by atoms with Gasteiger partial charge in [-0.25, -0.2) is 0 Å². The van der Waals surface area contributed by atoms with Crippen molar-refractivity contribution in [3.8, 4) is 0 Å². The van der Waals surface area contributed by atoms with Crippen LogP contribution in [0.2, 0.25) is 0 Å². The fraction of sp³-hybridized carbons (Fsp3) is 0. The van der Waals surface area contributed by atoms with Gasteiger partial charge in [-0.3, -0.25) is 9.59 Å². The van der Waals surface area contributed by atoms with Crippen molar-refractivity contribution < 1.29 is 0 Å². The Morgan fingerprint density at radius 3 is 1.83 bits per heavy atom. The summed E-state index contributed by atoms with van der Waals surface area (Å²) in [6.07, 6.45) is 0. The molecule has 30 heavy (non-hydrogen) atoms. The van der Waals surface area contributed by atoms with Crippen LogP contribution >= 0.6 is 0 Å². The monoisotopic (exact) mass is 382 g/mol. The molecule has 2 nitrogen and oxygen atoms in total. The van der Waals surface area contributed by atoms with Crippen LogP contribution in [0.3, 0.4) is 0 Å². The predicted octanol–water partition coefficient (Wildman–Crippen LogP) is 6.20. The van der Waals surface area contributed by atoms with E-state index in [-0.39, 0.29) is 10.9 Å². The van der Waals surface area contributed by atoms with E-state index in [1.165, 1.54) is 0 Å². The molecule has 7 rings (SSSR count). The van der Waals surface area contributed by atoms with Gasteiger partial charge in [0.15, 0.2) is 10.9 Å². The summed E-state index contributed by atoms with van der Waals surface area (Å²) in [5.41, 5.74) is 0.0102. The molecule has 0 aliphatic rings. The first-order valence-corrected chi connectivity index (χ1v) is 10.0. The minimum Gasteiger partial charge on any atom is -0.289 e. The van der Waals surface area contributed by atoms with Gasteiger partial charge in [0, 0.05) is 26.9 Å². The minimum atomic E-state index is 0.00228. The molecule has 0 saturated heterocycles. The molecule has 0 radical (unpaired) electrons. The first-order chi connectivity index (χ1) is 14.7. The molecule has 0 aromatic heterocycles. The zero-order chi connectivity index (χ0) is 20.0. The lowest BCUT2D eigenvalue weighted by atomic mass is 9.98. The molecule has 0 heterocycles. The summed E-state index contributed by atoms with van der Waals surface area (Å²) in [5.74, 6) is 0. The highest BCUT2D eigenvalue weighted by molar-refractivity contribution is 6.29. The van der Waals surface area contributed by atoms with Crippen LogP contribution in [-0.4, -0.2) is 0 Å². The van der Waals surface area contributed by atoms with Gasteiger partial charge in [-0.2, -0.15) is 0 Å². The summed E-state index contributed by atoms with van der Waals surface area (Å²) in [4.78, 5) is 26.6. The zero-order valence-electron chi connectivity index (χ0n) is 15.9. The summed E-state index contributed by atoms with van der Waals surface area (Å²) < 4.78 is 0. The maximum atomic E-state index is 13.6. The average Bonchev–Trinajstić information content (AvgIpc) is 3.24. The highest BCUT2D eigenvalue weighted by Crippen LogP contribution is 2.37. The molecule has 0 atom stereocenters. The van der Waals surface area contributed by atoms with E-state index in [4.69, 9.17) is 0 Å². The van der Waals surface area contributed by atoms with Crippen molar-refractivity contribution in [2.24, 2.45) is 0 Å². The Balaban J connectivity index is 1.78. The van der Waals surface area contributed by atoms with Crippen molar-refractivity contribution in [3.63, 3.8) is 0 Å². The molecule has 138 valence electrons. The van der Waals surface area contributed by atoms with Crippen LogP contribution < -0.4 is 10.9 Å². The number of hydrogen-bond donors (Lipinski definition) is 0. The highest BCUT2D eigenvalue weighted by Gasteiger charge is 2.18. The van der Waals surface area contributed by atoms with Gasteiger partial charge in [0.25, 0.3) is 0 Å². The minimum absolute atomic E-state index is 0.00228. The van der Waals surface area contributed by atoms with Gasteiger partial charge in [-0.05, 0) is 49.8 Å². The lowest BCUT2D eigenvalue weighted by Gasteiger charge is -2.05. The summed E-state index contributed by atoms with van der Waals surface area (Å²) in [5, 5.41) is 10.7. The first kappa shape index (κ1) is 15.8. The normalized spacial score (nSPS) is 12.3. The van der Waals surface area contributed by atoms with E-state index >= 15 is 0 Å². The fourth-order valence-electron chi connectivity index (χ4n) is 5.17. The molecular weight excluding hydrogens is 368 g/mol. The second-order valence-corrected chi connectivity index (χ2v) is 8.02. The molecule has 0 amide bonds. The molecule has 7 aromatic carbocycles. The standard InChI is InChI=1S/C28H14O2/c29-27-20-8-4-3-7-18(20)21-13-22-19-12-11-16-10-9-15-5-1-2-6-17(15)25(16)26(19)28(30)24(22)14-23(21)27/h1-14H. The Kier molecular flexibility index (Phi) is 2.80. The van der Waals surface area contributed by atoms with E-state index in [1.807, 2.05) is 54.6 Å². The maximum absolute atomic E-state index is 13.6. The summed E-state index contributed by atoms with van der Waals surface area (Å²) in [7, 11) is 0. The fourth-order valence-corrected chi connectivity index (χ4v) is 5.17. The Labute approximate surface area is 170 Å². The molecule has 7 aromatic rings. The zero-order valence-corrected chi connectivity index (χ0v) is 15.9. The van der Waals surface area contributed by atoms with Crippen molar-refractivity contribution in [2.75, 3.05) is 0 Å². The molecular formula is C28H14O2. The molecule has 0 aliphatic carbocycles. The Bertz CT molecular complexity index is 1930. The lowest BCUT2D eigenvalue weighted by Crippen LogP contribution is -1.97. The van der Waals surface area contributed by atoms with Crippen LogP contribution in [0.5, 0.6) is 0 Å². The molecule has 0 unspecified atom stereocenters. The van der Waals surface area contributed by atoms with Gasteiger partial charge in [-0.1, -0.05) is 72.8 Å². The van der Waals surface area contributed by atoms with E-state index in [1.54, 1.807) is 0 Å². The molecule has 0 bridgehead atoms. The van der Waals surface area contributed by atoms with Gasteiger partial charge >= 0.3 is 0 Å². The van der Waals surface area contributed by atoms with Gasteiger partial charge < -0.3 is 0 Å². The van der Waals surface area contributed by atoms with Crippen LogP contribution in [0.25, 0.3) is 64.6 Å². The Morgan fingerprint density at radius 2 is 0.967 bits per heavy atom. The van der Waals surface area contributed by atoms with E-state index in [0.717, 1.165) is 48.5 Å². The van der Waals surface area contributed by atoms with Gasteiger partial charge in [-0.15, -0.1) is 0 Å². The van der Waals surface area contributed by atoms with E-state index < -0.39 is 0 Å². The van der Waals surface area contributed by atoms with Crippen molar-refractivity contribution in [1.82, 2.24) is 0 Å². The van der Waals surface area contributed by atoms with Crippen molar-refractivity contribution in [2.45, 2.75) is 0 Å².